The van der Waals surface area contributed by atoms with Crippen LogP contribution in [0.25, 0.3) is 0 Å². The smallest absolute Gasteiger partial charge is 0.181 e. The first-order valence-corrected chi connectivity index (χ1v) is 5.11. The Labute approximate surface area is 91.9 Å². The zero-order valence-electron chi connectivity index (χ0n) is 7.66. The molecule has 0 saturated carbocycles. The van der Waals surface area contributed by atoms with Gasteiger partial charge < -0.3 is 0 Å². The summed E-state index contributed by atoms with van der Waals surface area (Å²) >= 11 is 3.26. The predicted octanol–water partition coefficient (Wildman–Crippen LogP) is 2.83. The molecule has 0 spiro atoms. The molecule has 0 aromatic carbocycles. The summed E-state index contributed by atoms with van der Waals surface area (Å²) in [6, 6.07) is 3.52. The minimum Gasteiger partial charge on any atom is -0.292 e. The lowest BCUT2D eigenvalue weighted by molar-refractivity contribution is 0.0976. The Morgan fingerprint density at radius 3 is 2.93 bits per heavy atom. The van der Waals surface area contributed by atoms with Crippen molar-refractivity contribution in [3.05, 3.63) is 28.5 Å². The molecule has 0 atom stereocenters. The van der Waals surface area contributed by atoms with Gasteiger partial charge in [0.2, 0.25) is 0 Å². The van der Waals surface area contributed by atoms with E-state index in [0.29, 0.717) is 18.5 Å². The van der Waals surface area contributed by atoms with Gasteiger partial charge >= 0.3 is 0 Å². The number of terminal acetylenes is 1. The number of halogens is 1. The van der Waals surface area contributed by atoms with Crippen molar-refractivity contribution in [3.63, 3.8) is 0 Å². The van der Waals surface area contributed by atoms with Crippen LogP contribution in [0.3, 0.4) is 0 Å². The molecule has 1 aromatic heterocycles. The minimum absolute atomic E-state index is 0.0488. The maximum Gasteiger partial charge on any atom is 0.181 e. The number of carbonyl (C=O) groups is 1. The molecule has 0 aliphatic heterocycles. The summed E-state index contributed by atoms with van der Waals surface area (Å²) in [4.78, 5) is 15.5. The minimum atomic E-state index is 0.0488. The number of Topliss-reactive ketones (excluding diaryl/α,β-unsaturated/α-hetero) is 1. The molecule has 0 N–H and O–H groups in total. The highest BCUT2D eigenvalue weighted by Crippen LogP contribution is 2.09. The van der Waals surface area contributed by atoms with Crippen molar-refractivity contribution < 1.29 is 4.79 Å². The Kier molecular flexibility index (Phi) is 4.34. The Bertz CT molecular complexity index is 351. The van der Waals surface area contributed by atoms with Gasteiger partial charge in [0.1, 0.15) is 5.69 Å². The molecule has 14 heavy (non-hydrogen) atoms. The van der Waals surface area contributed by atoms with Gasteiger partial charge in [0, 0.05) is 23.5 Å². The van der Waals surface area contributed by atoms with Crippen molar-refractivity contribution >= 4 is 21.7 Å². The summed E-state index contributed by atoms with van der Waals surface area (Å²) in [5, 5.41) is 0. The quantitative estimate of drug-likeness (QED) is 0.468. The van der Waals surface area contributed by atoms with Gasteiger partial charge in [-0.1, -0.05) is 0 Å². The summed E-state index contributed by atoms with van der Waals surface area (Å²) in [6.07, 6.45) is 8.55. The van der Waals surface area contributed by atoms with E-state index in [-0.39, 0.29) is 5.78 Å². The number of unbranched alkanes of at least 4 members (excludes halogenated alkanes) is 1. The maximum absolute atomic E-state index is 11.5. The zero-order chi connectivity index (χ0) is 10.4. The Balaban J connectivity index is 2.53. The van der Waals surface area contributed by atoms with Crippen LogP contribution >= 0.6 is 15.9 Å². The highest BCUT2D eigenvalue weighted by atomic mass is 79.9. The molecule has 1 aromatic rings. The molecule has 0 bridgehead atoms. The average molecular weight is 252 g/mol. The van der Waals surface area contributed by atoms with E-state index in [0.717, 1.165) is 10.9 Å². The Morgan fingerprint density at radius 2 is 2.36 bits per heavy atom. The van der Waals surface area contributed by atoms with E-state index in [4.69, 9.17) is 6.42 Å². The third-order valence-corrected chi connectivity index (χ3v) is 2.21. The molecule has 1 heterocycles. The van der Waals surface area contributed by atoms with Crippen molar-refractivity contribution in [1.29, 1.82) is 0 Å². The number of carbonyl (C=O) groups excluding carboxylic acids is 1. The number of pyridine rings is 1. The van der Waals surface area contributed by atoms with Gasteiger partial charge in [0.05, 0.1) is 0 Å². The van der Waals surface area contributed by atoms with E-state index in [2.05, 4.69) is 26.8 Å². The molecule has 0 fully saturated rings. The van der Waals surface area contributed by atoms with Crippen LogP contribution in [0.15, 0.2) is 22.8 Å². The van der Waals surface area contributed by atoms with Gasteiger partial charge in [-0.15, -0.1) is 12.3 Å². The number of rotatable bonds is 4. The molecule has 1 rings (SSSR count). The fraction of sp³-hybridized carbons (Fsp3) is 0.273. The first-order chi connectivity index (χ1) is 6.74. The van der Waals surface area contributed by atoms with Crippen LogP contribution in [0.5, 0.6) is 0 Å². The fourth-order valence-electron chi connectivity index (χ4n) is 1.02. The lowest BCUT2D eigenvalue weighted by Crippen LogP contribution is -2.01. The second-order valence-electron chi connectivity index (χ2n) is 2.84. The highest BCUT2D eigenvalue weighted by molar-refractivity contribution is 9.10. The summed E-state index contributed by atoms with van der Waals surface area (Å²) < 4.78 is 0.873. The van der Waals surface area contributed by atoms with E-state index in [1.54, 1.807) is 18.3 Å². The lowest BCUT2D eigenvalue weighted by Gasteiger charge is -1.98. The van der Waals surface area contributed by atoms with E-state index in [1.165, 1.54) is 0 Å². The van der Waals surface area contributed by atoms with Crippen molar-refractivity contribution in [2.75, 3.05) is 0 Å². The van der Waals surface area contributed by atoms with Gasteiger partial charge in [-0.25, -0.2) is 0 Å². The van der Waals surface area contributed by atoms with Crippen LogP contribution in [0.2, 0.25) is 0 Å². The third kappa shape index (κ3) is 3.31. The SMILES string of the molecule is C#CCCCC(=O)c1ccc(Br)cn1. The molecule has 0 saturated heterocycles. The molecule has 3 heteroatoms. The van der Waals surface area contributed by atoms with Gasteiger partial charge in [-0.3, -0.25) is 9.78 Å². The number of hydrogen-bond donors (Lipinski definition) is 0. The number of aromatic nitrogens is 1. The third-order valence-electron chi connectivity index (χ3n) is 1.74. The van der Waals surface area contributed by atoms with Crippen LogP contribution in [-0.4, -0.2) is 10.8 Å². The van der Waals surface area contributed by atoms with Gasteiger partial charge in [-0.2, -0.15) is 0 Å². The molecular formula is C11H10BrNO. The van der Waals surface area contributed by atoms with Crippen LogP contribution in [0.4, 0.5) is 0 Å². The molecule has 72 valence electrons. The van der Waals surface area contributed by atoms with Crippen LogP contribution in [0.1, 0.15) is 29.8 Å². The van der Waals surface area contributed by atoms with E-state index >= 15 is 0 Å². The number of nitrogens with zero attached hydrogens (tertiary/aromatic N) is 1. The second kappa shape index (κ2) is 5.56. The van der Waals surface area contributed by atoms with Gasteiger partial charge in [-0.05, 0) is 34.5 Å². The monoisotopic (exact) mass is 251 g/mol. The van der Waals surface area contributed by atoms with E-state index < -0.39 is 0 Å². The number of ketones is 1. The molecule has 0 aliphatic rings. The van der Waals surface area contributed by atoms with Crippen molar-refractivity contribution in [3.8, 4) is 12.3 Å². The summed E-state index contributed by atoms with van der Waals surface area (Å²) in [5.74, 6) is 2.55. The molecule has 0 aliphatic carbocycles. The largest absolute Gasteiger partial charge is 0.292 e. The summed E-state index contributed by atoms with van der Waals surface area (Å²) in [6.45, 7) is 0. The normalized spacial score (nSPS) is 9.43. The van der Waals surface area contributed by atoms with Crippen molar-refractivity contribution in [1.82, 2.24) is 4.98 Å². The summed E-state index contributed by atoms with van der Waals surface area (Å²) in [7, 11) is 0. The van der Waals surface area contributed by atoms with Crippen molar-refractivity contribution in [2.24, 2.45) is 0 Å². The molecule has 0 unspecified atom stereocenters. The number of hydrogen-bond acceptors (Lipinski definition) is 2. The first kappa shape index (κ1) is 10.9. The van der Waals surface area contributed by atoms with Crippen molar-refractivity contribution in [2.45, 2.75) is 19.3 Å². The molecule has 0 radical (unpaired) electrons. The van der Waals surface area contributed by atoms with E-state index in [1.807, 2.05) is 0 Å². The predicted molar refractivity (Wildman–Crippen MR) is 59.0 cm³/mol. The van der Waals surface area contributed by atoms with Crippen LogP contribution in [-0.2, 0) is 0 Å². The first-order valence-electron chi connectivity index (χ1n) is 4.32. The Morgan fingerprint density at radius 1 is 1.57 bits per heavy atom. The summed E-state index contributed by atoms with van der Waals surface area (Å²) in [5.41, 5.74) is 0.505. The molecular weight excluding hydrogens is 242 g/mol. The van der Waals surface area contributed by atoms with Gasteiger partial charge in [0.25, 0.3) is 0 Å². The van der Waals surface area contributed by atoms with Crippen LogP contribution in [0, 0.1) is 12.3 Å². The zero-order valence-corrected chi connectivity index (χ0v) is 9.25. The fourth-order valence-corrected chi connectivity index (χ4v) is 1.25. The highest BCUT2D eigenvalue weighted by Gasteiger charge is 2.05. The topological polar surface area (TPSA) is 30.0 Å². The van der Waals surface area contributed by atoms with Gasteiger partial charge in [0.15, 0.2) is 5.78 Å². The standard InChI is InChI=1S/C11H10BrNO/c1-2-3-4-5-11(14)10-7-6-9(12)8-13-10/h1,6-8H,3-5H2. The molecule has 0 amide bonds. The lowest BCUT2D eigenvalue weighted by atomic mass is 10.1. The average Bonchev–Trinajstić information content (AvgIpc) is 2.19. The Hall–Kier alpha value is -1.14. The van der Waals surface area contributed by atoms with E-state index in [9.17, 15) is 4.79 Å². The van der Waals surface area contributed by atoms with Crippen LogP contribution < -0.4 is 0 Å². The second-order valence-corrected chi connectivity index (χ2v) is 3.76. The molecule has 2 nitrogen and oxygen atoms in total. The maximum atomic E-state index is 11.5.